The highest BCUT2D eigenvalue weighted by atomic mass is 35.5. The minimum Gasteiger partial charge on any atom is -0.771 e. The number of hydrogen-bond donors (Lipinski definition) is 0. The van der Waals surface area contributed by atoms with Gasteiger partial charge in [0.25, 0.3) is 0 Å². The Morgan fingerprint density at radius 3 is 2.48 bits per heavy atom. The van der Waals surface area contributed by atoms with Gasteiger partial charge in [0.05, 0.1) is 16.6 Å². The summed E-state index contributed by atoms with van der Waals surface area (Å²) in [5.74, 6) is -0.266. The second-order valence-electron chi connectivity index (χ2n) is 5.03. The Morgan fingerprint density at radius 2 is 1.87 bits per heavy atom. The van der Waals surface area contributed by atoms with Crippen molar-refractivity contribution in [3.63, 3.8) is 0 Å². The number of Topliss-reactive ketones (excluding diaryl/α,β-unsaturated/α-hetero) is 1. The predicted molar refractivity (Wildman–Crippen MR) is 92.5 cm³/mol. The van der Waals surface area contributed by atoms with E-state index in [-0.39, 0.29) is 11.7 Å². The molecule has 122 valence electrons. The van der Waals surface area contributed by atoms with Crippen LogP contribution in [-0.4, -0.2) is 20.4 Å². The summed E-state index contributed by atoms with van der Waals surface area (Å²) in [6.45, 7) is 2.15. The van der Waals surface area contributed by atoms with Gasteiger partial charge in [-0.3, -0.25) is 9.00 Å². The first-order chi connectivity index (χ1) is 11.0. The molecule has 1 atom stereocenters. The Bertz CT molecular complexity index is 706. The van der Waals surface area contributed by atoms with Gasteiger partial charge in [0, 0.05) is 18.5 Å². The Hall–Kier alpha value is -1.69. The zero-order valence-corrected chi connectivity index (χ0v) is 14.3. The predicted octanol–water partition coefficient (Wildman–Crippen LogP) is 3.78. The SMILES string of the molecule is CCC(=O)c1cccc(N(Cc2ccccc2)CS(=O)[O-])c1Cl. The van der Waals surface area contributed by atoms with Gasteiger partial charge in [-0.05, 0) is 28.8 Å². The molecule has 0 heterocycles. The number of halogens is 1. The molecule has 2 rings (SSSR count). The molecule has 2 aromatic rings. The summed E-state index contributed by atoms with van der Waals surface area (Å²) in [5.41, 5.74) is 1.92. The summed E-state index contributed by atoms with van der Waals surface area (Å²) in [6, 6.07) is 14.6. The number of carbonyl (C=O) groups is 1. The van der Waals surface area contributed by atoms with Crippen LogP contribution in [0.4, 0.5) is 5.69 Å². The van der Waals surface area contributed by atoms with Gasteiger partial charge in [-0.25, -0.2) is 0 Å². The smallest absolute Gasteiger partial charge is 0.164 e. The van der Waals surface area contributed by atoms with Crippen LogP contribution < -0.4 is 4.90 Å². The monoisotopic (exact) mass is 350 g/mol. The lowest BCUT2D eigenvalue weighted by Crippen LogP contribution is -2.27. The molecule has 0 saturated carbocycles. The molecule has 4 nitrogen and oxygen atoms in total. The zero-order valence-electron chi connectivity index (χ0n) is 12.7. The molecule has 23 heavy (non-hydrogen) atoms. The van der Waals surface area contributed by atoms with Crippen molar-refractivity contribution in [2.24, 2.45) is 0 Å². The molecular formula is C17H17ClNO3S-. The van der Waals surface area contributed by atoms with Gasteiger partial charge in [-0.1, -0.05) is 54.9 Å². The van der Waals surface area contributed by atoms with Crippen LogP contribution in [0, 0.1) is 0 Å². The molecular weight excluding hydrogens is 334 g/mol. The van der Waals surface area contributed by atoms with Crippen molar-refractivity contribution in [2.75, 3.05) is 10.8 Å². The second-order valence-corrected chi connectivity index (χ2v) is 6.28. The van der Waals surface area contributed by atoms with Crippen molar-refractivity contribution in [2.45, 2.75) is 19.9 Å². The molecule has 0 aliphatic heterocycles. The first-order valence-electron chi connectivity index (χ1n) is 7.19. The first-order valence-corrected chi connectivity index (χ1v) is 8.81. The molecule has 0 aliphatic carbocycles. The van der Waals surface area contributed by atoms with E-state index in [4.69, 9.17) is 11.6 Å². The molecule has 2 aromatic carbocycles. The van der Waals surface area contributed by atoms with Crippen LogP contribution in [0.5, 0.6) is 0 Å². The van der Waals surface area contributed by atoms with Gasteiger partial charge in [-0.15, -0.1) is 0 Å². The standard InChI is InChI=1S/C17H18ClNO3S/c1-2-16(20)14-9-6-10-15(17(14)18)19(12-23(21)22)11-13-7-4-3-5-8-13/h3-10H,2,11-12H2,1H3,(H,21,22)/p-1. The van der Waals surface area contributed by atoms with Gasteiger partial charge in [-0.2, -0.15) is 0 Å². The topological polar surface area (TPSA) is 60.4 Å². The summed E-state index contributed by atoms with van der Waals surface area (Å²) in [4.78, 5) is 13.6. The molecule has 0 radical (unpaired) electrons. The number of hydrogen-bond acceptors (Lipinski definition) is 4. The highest BCUT2D eigenvalue weighted by Crippen LogP contribution is 2.31. The van der Waals surface area contributed by atoms with E-state index in [1.165, 1.54) is 0 Å². The largest absolute Gasteiger partial charge is 0.771 e. The Kier molecular flexibility index (Phi) is 6.33. The number of rotatable bonds is 7. The van der Waals surface area contributed by atoms with Crippen LogP contribution in [0.25, 0.3) is 0 Å². The average molecular weight is 351 g/mol. The van der Waals surface area contributed by atoms with Crippen molar-refractivity contribution in [3.8, 4) is 0 Å². The number of nitrogens with zero attached hydrogens (tertiary/aromatic N) is 1. The third kappa shape index (κ3) is 4.64. The van der Waals surface area contributed by atoms with E-state index in [9.17, 15) is 13.6 Å². The van der Waals surface area contributed by atoms with Crippen molar-refractivity contribution >= 4 is 34.2 Å². The van der Waals surface area contributed by atoms with Crippen LogP contribution in [0.15, 0.2) is 48.5 Å². The molecule has 1 unspecified atom stereocenters. The fourth-order valence-electron chi connectivity index (χ4n) is 2.30. The van der Waals surface area contributed by atoms with E-state index in [2.05, 4.69) is 0 Å². The molecule has 0 spiro atoms. The first kappa shape index (κ1) is 17.7. The van der Waals surface area contributed by atoms with Gasteiger partial charge in [0.2, 0.25) is 0 Å². The number of benzene rings is 2. The van der Waals surface area contributed by atoms with Crippen LogP contribution in [0.2, 0.25) is 5.02 Å². The third-order valence-electron chi connectivity index (χ3n) is 3.42. The third-order valence-corrected chi connectivity index (χ3v) is 4.34. The maximum atomic E-state index is 12.0. The van der Waals surface area contributed by atoms with Gasteiger partial charge in [0.15, 0.2) is 5.78 Å². The maximum absolute atomic E-state index is 12.0. The molecule has 0 amide bonds. The average Bonchev–Trinajstić information content (AvgIpc) is 2.54. The number of ketones is 1. The normalized spacial score (nSPS) is 12.0. The number of carbonyl (C=O) groups excluding carboxylic acids is 1. The summed E-state index contributed by atoms with van der Waals surface area (Å²) in [5, 5.41) is 0.292. The summed E-state index contributed by atoms with van der Waals surface area (Å²) < 4.78 is 22.4. The highest BCUT2D eigenvalue weighted by molar-refractivity contribution is 7.79. The van der Waals surface area contributed by atoms with Crippen molar-refractivity contribution in [3.05, 3.63) is 64.7 Å². The maximum Gasteiger partial charge on any atom is 0.164 e. The summed E-state index contributed by atoms with van der Waals surface area (Å²) in [7, 11) is 0. The van der Waals surface area contributed by atoms with Gasteiger partial charge >= 0.3 is 0 Å². The minimum atomic E-state index is -2.26. The van der Waals surface area contributed by atoms with E-state index in [1.54, 1.807) is 30.0 Å². The lowest BCUT2D eigenvalue weighted by atomic mass is 10.1. The van der Waals surface area contributed by atoms with E-state index in [0.29, 0.717) is 29.2 Å². The molecule has 0 N–H and O–H groups in total. The summed E-state index contributed by atoms with van der Waals surface area (Å²) in [6.07, 6.45) is 0.343. The zero-order chi connectivity index (χ0) is 16.8. The van der Waals surface area contributed by atoms with Crippen molar-refractivity contribution in [1.29, 1.82) is 0 Å². The van der Waals surface area contributed by atoms with E-state index >= 15 is 0 Å². The van der Waals surface area contributed by atoms with Gasteiger partial charge < -0.3 is 9.45 Å². The van der Waals surface area contributed by atoms with Crippen molar-refractivity contribution < 1.29 is 13.6 Å². The highest BCUT2D eigenvalue weighted by Gasteiger charge is 2.17. The molecule has 0 aliphatic rings. The molecule has 6 heteroatoms. The molecule has 0 bridgehead atoms. The quantitative estimate of drug-likeness (QED) is 0.563. The lowest BCUT2D eigenvalue weighted by Gasteiger charge is -2.27. The fraction of sp³-hybridized carbons (Fsp3) is 0.235. The van der Waals surface area contributed by atoms with Gasteiger partial charge in [0.1, 0.15) is 0 Å². The molecule has 0 aromatic heterocycles. The van der Waals surface area contributed by atoms with E-state index < -0.39 is 11.1 Å². The molecule has 0 fully saturated rings. The lowest BCUT2D eigenvalue weighted by molar-refractivity contribution is 0.0988. The van der Waals surface area contributed by atoms with Crippen LogP contribution in [-0.2, 0) is 17.6 Å². The fourth-order valence-corrected chi connectivity index (χ4v) is 3.14. The Labute approximate surface area is 143 Å². The van der Waals surface area contributed by atoms with Crippen LogP contribution in [0.1, 0.15) is 29.3 Å². The Balaban J connectivity index is 2.39. The number of anilines is 1. The minimum absolute atomic E-state index is 0.0697. The molecule has 0 saturated heterocycles. The second kappa shape index (κ2) is 8.24. The van der Waals surface area contributed by atoms with Crippen LogP contribution >= 0.6 is 11.6 Å². The van der Waals surface area contributed by atoms with E-state index in [0.717, 1.165) is 5.56 Å². The summed E-state index contributed by atoms with van der Waals surface area (Å²) >= 11 is 4.10. The Morgan fingerprint density at radius 1 is 1.17 bits per heavy atom. The van der Waals surface area contributed by atoms with E-state index in [1.807, 2.05) is 30.3 Å². The van der Waals surface area contributed by atoms with Crippen LogP contribution in [0.3, 0.4) is 0 Å². The van der Waals surface area contributed by atoms with Crippen molar-refractivity contribution in [1.82, 2.24) is 0 Å².